The van der Waals surface area contributed by atoms with E-state index >= 15 is 0 Å². The second kappa shape index (κ2) is 4.47. The van der Waals surface area contributed by atoms with E-state index < -0.39 is 11.9 Å². The van der Waals surface area contributed by atoms with Gasteiger partial charge in [-0.2, -0.15) is 18.3 Å². The molecule has 2 aromatic heterocycles. The molecule has 0 spiro atoms. The Balaban J connectivity index is 2.14. The third-order valence-corrected chi connectivity index (χ3v) is 3.56. The molecule has 0 radical (unpaired) electrons. The third-order valence-electron chi connectivity index (χ3n) is 3.56. The van der Waals surface area contributed by atoms with Gasteiger partial charge in [0.15, 0.2) is 11.3 Å². The van der Waals surface area contributed by atoms with E-state index in [1.807, 2.05) is 0 Å². The molecular weight excluding hydrogens is 257 g/mol. The number of aromatic nitrogens is 4. The van der Waals surface area contributed by atoms with Crippen LogP contribution in [0.5, 0.6) is 0 Å². The second-order valence-electron chi connectivity index (χ2n) is 4.84. The molecule has 0 unspecified atom stereocenters. The van der Waals surface area contributed by atoms with Crippen LogP contribution in [-0.2, 0) is 6.18 Å². The molecule has 1 aliphatic carbocycles. The molecule has 2 aromatic rings. The second-order valence-corrected chi connectivity index (χ2v) is 4.84. The number of hydrogen-bond donors (Lipinski definition) is 0. The van der Waals surface area contributed by atoms with Gasteiger partial charge in [-0.1, -0.05) is 19.3 Å². The van der Waals surface area contributed by atoms with Gasteiger partial charge in [0, 0.05) is 6.20 Å². The Bertz CT molecular complexity index is 584. The van der Waals surface area contributed by atoms with E-state index in [9.17, 15) is 13.2 Å². The number of fused-ring (bicyclic) bond motifs is 1. The molecule has 2 heterocycles. The molecular formula is C12H13F3N4. The first-order chi connectivity index (χ1) is 9.07. The molecule has 102 valence electrons. The van der Waals surface area contributed by atoms with Crippen LogP contribution in [0.2, 0.25) is 0 Å². The highest BCUT2D eigenvalue weighted by molar-refractivity contribution is 5.77. The van der Waals surface area contributed by atoms with Crippen LogP contribution in [0.15, 0.2) is 12.5 Å². The topological polar surface area (TPSA) is 43.6 Å². The number of halogens is 3. The van der Waals surface area contributed by atoms with Gasteiger partial charge in [0.05, 0.1) is 11.4 Å². The largest absolute Gasteiger partial charge is 0.435 e. The van der Waals surface area contributed by atoms with Crippen LogP contribution in [0.4, 0.5) is 13.2 Å². The fraction of sp³-hybridized carbons (Fsp3) is 0.583. The smallest absolute Gasteiger partial charge is 0.244 e. The summed E-state index contributed by atoms with van der Waals surface area (Å²) in [7, 11) is 0. The maximum Gasteiger partial charge on any atom is 0.435 e. The molecule has 0 aliphatic heterocycles. The maximum atomic E-state index is 13.0. The highest BCUT2D eigenvalue weighted by Crippen LogP contribution is 2.36. The standard InChI is InChI=1S/C12H13F3N4/c13-12(14,15)10-9-6-16-7-17-11(9)19(18-10)8-4-2-1-3-5-8/h6-8H,1-5H2. The van der Waals surface area contributed by atoms with Gasteiger partial charge in [0.1, 0.15) is 6.33 Å². The highest BCUT2D eigenvalue weighted by Gasteiger charge is 2.38. The molecule has 0 bridgehead atoms. The first-order valence-electron chi connectivity index (χ1n) is 6.33. The minimum Gasteiger partial charge on any atom is -0.244 e. The Kier molecular flexibility index (Phi) is 2.91. The Labute approximate surface area is 107 Å². The Hall–Kier alpha value is -1.66. The molecule has 0 N–H and O–H groups in total. The van der Waals surface area contributed by atoms with Gasteiger partial charge in [-0.05, 0) is 12.8 Å². The zero-order chi connectivity index (χ0) is 13.5. The molecule has 1 saturated carbocycles. The first kappa shape index (κ1) is 12.4. The summed E-state index contributed by atoms with van der Waals surface area (Å²) in [4.78, 5) is 7.66. The fourth-order valence-corrected chi connectivity index (χ4v) is 2.67. The van der Waals surface area contributed by atoms with Crippen molar-refractivity contribution >= 4 is 11.0 Å². The molecule has 0 atom stereocenters. The van der Waals surface area contributed by atoms with E-state index in [2.05, 4.69) is 15.1 Å². The van der Waals surface area contributed by atoms with Gasteiger partial charge in [0.25, 0.3) is 0 Å². The summed E-state index contributed by atoms with van der Waals surface area (Å²) < 4.78 is 40.3. The van der Waals surface area contributed by atoms with E-state index in [0.717, 1.165) is 32.1 Å². The highest BCUT2D eigenvalue weighted by atomic mass is 19.4. The zero-order valence-electron chi connectivity index (χ0n) is 10.2. The van der Waals surface area contributed by atoms with Gasteiger partial charge < -0.3 is 0 Å². The van der Waals surface area contributed by atoms with Crippen molar-refractivity contribution < 1.29 is 13.2 Å². The molecule has 4 nitrogen and oxygen atoms in total. The van der Waals surface area contributed by atoms with Crippen molar-refractivity contribution in [3.63, 3.8) is 0 Å². The summed E-state index contributed by atoms with van der Waals surface area (Å²) in [6.07, 6.45) is 2.90. The normalized spacial score (nSPS) is 18.1. The lowest BCUT2D eigenvalue weighted by molar-refractivity contribution is -0.140. The van der Waals surface area contributed by atoms with E-state index in [1.165, 1.54) is 17.2 Å². The molecule has 19 heavy (non-hydrogen) atoms. The summed E-state index contributed by atoms with van der Waals surface area (Å²) in [6.45, 7) is 0. The molecule has 7 heteroatoms. The monoisotopic (exact) mass is 270 g/mol. The van der Waals surface area contributed by atoms with Crippen molar-refractivity contribution in [2.24, 2.45) is 0 Å². The zero-order valence-corrected chi connectivity index (χ0v) is 10.2. The maximum absolute atomic E-state index is 13.0. The molecule has 0 aromatic carbocycles. The number of hydrogen-bond acceptors (Lipinski definition) is 3. The number of nitrogens with zero attached hydrogens (tertiary/aromatic N) is 4. The van der Waals surface area contributed by atoms with Crippen LogP contribution in [0.3, 0.4) is 0 Å². The number of rotatable bonds is 1. The predicted octanol–water partition coefficient (Wildman–Crippen LogP) is 3.35. The van der Waals surface area contributed by atoms with Gasteiger partial charge in [0.2, 0.25) is 0 Å². The van der Waals surface area contributed by atoms with Crippen LogP contribution in [0.1, 0.15) is 43.8 Å². The third kappa shape index (κ3) is 2.17. The van der Waals surface area contributed by atoms with Crippen molar-refractivity contribution in [1.82, 2.24) is 19.7 Å². The van der Waals surface area contributed by atoms with Gasteiger partial charge in [-0.3, -0.25) is 0 Å². The van der Waals surface area contributed by atoms with Crippen LogP contribution in [-0.4, -0.2) is 19.7 Å². The van der Waals surface area contributed by atoms with E-state index in [0.29, 0.717) is 0 Å². The Morgan fingerprint density at radius 2 is 1.89 bits per heavy atom. The lowest BCUT2D eigenvalue weighted by Gasteiger charge is -2.22. The molecule has 1 aliphatic rings. The SMILES string of the molecule is FC(F)(F)c1nn(C2CCCCC2)c2ncncc12. The Morgan fingerprint density at radius 3 is 2.58 bits per heavy atom. The van der Waals surface area contributed by atoms with Crippen LogP contribution < -0.4 is 0 Å². The molecule has 1 fully saturated rings. The summed E-state index contributed by atoms with van der Waals surface area (Å²) in [5.74, 6) is 0. The average Bonchev–Trinajstić information content (AvgIpc) is 2.79. The molecule has 3 rings (SSSR count). The fourth-order valence-electron chi connectivity index (χ4n) is 2.67. The molecule has 0 saturated heterocycles. The minimum atomic E-state index is -4.47. The van der Waals surface area contributed by atoms with Gasteiger partial charge in [-0.25, -0.2) is 14.6 Å². The van der Waals surface area contributed by atoms with Crippen LogP contribution >= 0.6 is 0 Å². The number of alkyl halides is 3. The average molecular weight is 270 g/mol. The predicted molar refractivity (Wildman–Crippen MR) is 62.4 cm³/mol. The lowest BCUT2D eigenvalue weighted by Crippen LogP contribution is -2.16. The van der Waals surface area contributed by atoms with Crippen molar-refractivity contribution in [2.45, 2.75) is 44.3 Å². The minimum absolute atomic E-state index is 0.0134. The Morgan fingerprint density at radius 1 is 1.16 bits per heavy atom. The van der Waals surface area contributed by atoms with E-state index in [-0.39, 0.29) is 17.1 Å². The summed E-state index contributed by atoms with van der Waals surface area (Å²) in [6, 6.07) is 0.0160. The van der Waals surface area contributed by atoms with Crippen molar-refractivity contribution in [3.8, 4) is 0 Å². The van der Waals surface area contributed by atoms with Gasteiger partial charge >= 0.3 is 6.18 Å². The quantitative estimate of drug-likeness (QED) is 0.798. The van der Waals surface area contributed by atoms with Crippen molar-refractivity contribution in [1.29, 1.82) is 0 Å². The lowest BCUT2D eigenvalue weighted by atomic mass is 9.96. The summed E-state index contributed by atoms with van der Waals surface area (Å²) in [5.41, 5.74) is -0.595. The summed E-state index contributed by atoms with van der Waals surface area (Å²) in [5, 5.41) is 3.76. The van der Waals surface area contributed by atoms with Crippen molar-refractivity contribution in [2.75, 3.05) is 0 Å². The van der Waals surface area contributed by atoms with E-state index in [4.69, 9.17) is 0 Å². The van der Waals surface area contributed by atoms with Crippen LogP contribution in [0, 0.1) is 0 Å². The van der Waals surface area contributed by atoms with Crippen molar-refractivity contribution in [3.05, 3.63) is 18.2 Å². The van der Waals surface area contributed by atoms with Gasteiger partial charge in [-0.15, -0.1) is 0 Å². The first-order valence-corrected chi connectivity index (χ1v) is 6.33. The summed E-state index contributed by atoms with van der Waals surface area (Å²) >= 11 is 0. The van der Waals surface area contributed by atoms with E-state index in [1.54, 1.807) is 0 Å². The molecule has 0 amide bonds. The van der Waals surface area contributed by atoms with Crippen LogP contribution in [0.25, 0.3) is 11.0 Å².